The van der Waals surface area contributed by atoms with E-state index < -0.39 is 11.9 Å². The predicted octanol–water partition coefficient (Wildman–Crippen LogP) is 4.34. The summed E-state index contributed by atoms with van der Waals surface area (Å²) < 4.78 is 12.2. The van der Waals surface area contributed by atoms with Gasteiger partial charge in [-0.1, -0.05) is 36.4 Å². The largest absolute Gasteiger partial charge is 0.496 e. The van der Waals surface area contributed by atoms with E-state index in [0.29, 0.717) is 22.6 Å². The molecular weight excluding hydrogens is 358 g/mol. The summed E-state index contributed by atoms with van der Waals surface area (Å²) in [5.74, 6) is -1.32. The predicted molar refractivity (Wildman–Crippen MR) is 105 cm³/mol. The number of carbonyl (C=O) groups excluding carboxylic acids is 1. The second-order valence-electron chi connectivity index (χ2n) is 6.13. The number of carbonyl (C=O) groups is 2. The average molecular weight is 379 g/mol. The van der Waals surface area contributed by atoms with E-state index in [2.05, 4.69) is 0 Å². The lowest BCUT2D eigenvalue weighted by Crippen LogP contribution is -2.11. The fraction of sp³-hybridized carbons (Fsp3) is 0.182. The van der Waals surface area contributed by atoms with Crippen molar-refractivity contribution in [3.63, 3.8) is 0 Å². The van der Waals surface area contributed by atoms with E-state index in [0.717, 1.165) is 5.56 Å². The van der Waals surface area contributed by atoms with Crippen molar-refractivity contribution in [1.29, 1.82) is 0 Å². The molecule has 0 aliphatic carbocycles. The van der Waals surface area contributed by atoms with E-state index in [4.69, 9.17) is 9.47 Å². The van der Waals surface area contributed by atoms with Crippen LogP contribution in [0.4, 0.5) is 0 Å². The molecule has 1 heterocycles. The lowest BCUT2D eigenvalue weighted by atomic mass is 10.1. The normalized spacial score (nSPS) is 10.5. The molecule has 0 amide bonds. The van der Waals surface area contributed by atoms with Crippen LogP contribution in [0.5, 0.6) is 5.75 Å². The van der Waals surface area contributed by atoms with Crippen LogP contribution >= 0.6 is 0 Å². The molecule has 0 bridgehead atoms. The molecule has 0 saturated carbocycles. The summed E-state index contributed by atoms with van der Waals surface area (Å²) in [6.45, 7) is 3.81. The Morgan fingerprint density at radius 2 is 1.79 bits per heavy atom. The zero-order valence-corrected chi connectivity index (χ0v) is 15.9. The Labute approximate surface area is 162 Å². The van der Waals surface area contributed by atoms with Crippen molar-refractivity contribution in [1.82, 2.24) is 4.57 Å². The number of aryl methyl sites for hydroxylation is 1. The molecular formula is C22H21NO5. The van der Waals surface area contributed by atoms with Gasteiger partial charge in [-0.3, -0.25) is 0 Å². The number of ether oxygens (including phenoxy) is 2. The summed E-state index contributed by atoms with van der Waals surface area (Å²) >= 11 is 0. The van der Waals surface area contributed by atoms with Crippen molar-refractivity contribution >= 4 is 11.9 Å². The van der Waals surface area contributed by atoms with Crippen molar-refractivity contribution in [2.75, 3.05) is 13.7 Å². The molecule has 0 spiro atoms. The zero-order valence-electron chi connectivity index (χ0n) is 15.9. The van der Waals surface area contributed by atoms with Gasteiger partial charge in [0.1, 0.15) is 11.3 Å². The Morgan fingerprint density at radius 1 is 1.07 bits per heavy atom. The van der Waals surface area contributed by atoms with Gasteiger partial charge in [0.2, 0.25) is 0 Å². The van der Waals surface area contributed by atoms with Crippen molar-refractivity contribution in [3.05, 3.63) is 71.4 Å². The topological polar surface area (TPSA) is 77.8 Å². The zero-order chi connectivity index (χ0) is 20.3. The van der Waals surface area contributed by atoms with Gasteiger partial charge in [0, 0.05) is 5.69 Å². The monoisotopic (exact) mass is 379 g/mol. The molecule has 0 aliphatic heterocycles. The molecule has 3 rings (SSSR count). The smallest absolute Gasteiger partial charge is 0.341 e. The molecule has 0 atom stereocenters. The second kappa shape index (κ2) is 8.00. The van der Waals surface area contributed by atoms with Crippen molar-refractivity contribution in [2.24, 2.45) is 0 Å². The van der Waals surface area contributed by atoms with Gasteiger partial charge in [0.15, 0.2) is 0 Å². The number of carboxylic acid groups (broad SMARTS) is 1. The fourth-order valence-corrected chi connectivity index (χ4v) is 3.29. The van der Waals surface area contributed by atoms with Crippen molar-refractivity contribution < 1.29 is 24.2 Å². The Hall–Kier alpha value is -3.54. The maximum atomic E-state index is 12.6. The molecule has 0 saturated heterocycles. The van der Waals surface area contributed by atoms with E-state index in [1.165, 1.54) is 7.11 Å². The first-order valence-corrected chi connectivity index (χ1v) is 8.85. The summed E-state index contributed by atoms with van der Waals surface area (Å²) in [6.07, 6.45) is 0. The lowest BCUT2D eigenvalue weighted by molar-refractivity contribution is 0.0527. The van der Waals surface area contributed by atoms with Crippen LogP contribution in [-0.2, 0) is 4.74 Å². The standard InChI is InChI=1S/C22H21NO5/c1-4-28-22(26)16-13-14(2)23(20(16)15-9-6-5-7-10-15)17-11-8-12-18(27-3)19(17)21(24)25/h5-13H,4H2,1-3H3,(H,24,25). The van der Waals surface area contributed by atoms with Gasteiger partial charge in [-0.15, -0.1) is 0 Å². The molecule has 0 radical (unpaired) electrons. The Bertz CT molecular complexity index is 1020. The SMILES string of the molecule is CCOC(=O)c1cc(C)n(-c2cccc(OC)c2C(=O)O)c1-c1ccccc1. The van der Waals surface area contributed by atoms with E-state index in [9.17, 15) is 14.7 Å². The minimum Gasteiger partial charge on any atom is -0.496 e. The minimum absolute atomic E-state index is 0.0243. The highest BCUT2D eigenvalue weighted by atomic mass is 16.5. The number of nitrogens with zero attached hydrogens (tertiary/aromatic N) is 1. The Kier molecular flexibility index (Phi) is 5.49. The maximum absolute atomic E-state index is 12.6. The first-order valence-electron chi connectivity index (χ1n) is 8.85. The van der Waals surface area contributed by atoms with Crippen LogP contribution < -0.4 is 4.74 Å². The Morgan fingerprint density at radius 3 is 2.39 bits per heavy atom. The number of aromatic nitrogens is 1. The van der Waals surface area contributed by atoms with Crippen LogP contribution in [0, 0.1) is 6.92 Å². The molecule has 1 aromatic heterocycles. The van der Waals surface area contributed by atoms with E-state index >= 15 is 0 Å². The van der Waals surface area contributed by atoms with E-state index in [-0.39, 0.29) is 17.9 Å². The Balaban J connectivity index is 2.37. The molecule has 144 valence electrons. The lowest BCUT2D eigenvalue weighted by Gasteiger charge is -2.17. The minimum atomic E-state index is -1.11. The number of aromatic carboxylic acids is 1. The van der Waals surface area contributed by atoms with Gasteiger partial charge >= 0.3 is 11.9 Å². The number of methoxy groups -OCH3 is 1. The molecule has 0 fully saturated rings. The van der Waals surface area contributed by atoms with Crippen LogP contribution in [0.1, 0.15) is 33.3 Å². The summed E-state index contributed by atoms with van der Waals surface area (Å²) in [5.41, 5.74) is 2.88. The summed E-state index contributed by atoms with van der Waals surface area (Å²) in [4.78, 5) is 24.6. The third-order valence-electron chi connectivity index (χ3n) is 4.41. The summed E-state index contributed by atoms with van der Waals surface area (Å²) in [6, 6.07) is 16.1. The molecule has 1 N–H and O–H groups in total. The maximum Gasteiger partial charge on any atom is 0.341 e. The molecule has 0 aliphatic rings. The fourth-order valence-electron chi connectivity index (χ4n) is 3.29. The van der Waals surface area contributed by atoms with Gasteiger partial charge < -0.3 is 19.1 Å². The summed E-state index contributed by atoms with van der Waals surface area (Å²) in [7, 11) is 1.43. The van der Waals surface area contributed by atoms with Gasteiger partial charge in [-0.25, -0.2) is 9.59 Å². The van der Waals surface area contributed by atoms with Crippen LogP contribution in [-0.4, -0.2) is 35.3 Å². The van der Waals surface area contributed by atoms with Gasteiger partial charge in [0.25, 0.3) is 0 Å². The van der Waals surface area contributed by atoms with Crippen molar-refractivity contribution in [2.45, 2.75) is 13.8 Å². The van der Waals surface area contributed by atoms with E-state index in [1.807, 2.05) is 37.3 Å². The first-order chi connectivity index (χ1) is 13.5. The van der Waals surface area contributed by atoms with Crippen LogP contribution in [0.15, 0.2) is 54.6 Å². The molecule has 6 nitrogen and oxygen atoms in total. The van der Waals surface area contributed by atoms with Crippen LogP contribution in [0.2, 0.25) is 0 Å². The first kappa shape index (κ1) is 19.2. The molecule has 2 aromatic carbocycles. The number of rotatable bonds is 6. The highest BCUT2D eigenvalue weighted by molar-refractivity contribution is 5.99. The summed E-state index contributed by atoms with van der Waals surface area (Å²) in [5, 5.41) is 9.81. The number of carboxylic acids is 1. The quantitative estimate of drug-likeness (QED) is 0.645. The third-order valence-corrected chi connectivity index (χ3v) is 4.41. The van der Waals surface area contributed by atoms with Crippen LogP contribution in [0.25, 0.3) is 16.9 Å². The molecule has 0 unspecified atom stereocenters. The number of hydrogen-bond acceptors (Lipinski definition) is 4. The van der Waals surface area contributed by atoms with Gasteiger partial charge in [-0.2, -0.15) is 0 Å². The third kappa shape index (κ3) is 3.36. The number of hydrogen-bond donors (Lipinski definition) is 1. The van der Waals surface area contributed by atoms with Gasteiger partial charge in [-0.05, 0) is 37.6 Å². The van der Waals surface area contributed by atoms with Gasteiger partial charge in [0.05, 0.1) is 30.7 Å². The number of benzene rings is 2. The van der Waals surface area contributed by atoms with Crippen LogP contribution in [0.3, 0.4) is 0 Å². The van der Waals surface area contributed by atoms with Crippen molar-refractivity contribution in [3.8, 4) is 22.7 Å². The average Bonchev–Trinajstić information content (AvgIpc) is 3.05. The molecule has 6 heteroatoms. The number of esters is 1. The highest BCUT2D eigenvalue weighted by Crippen LogP contribution is 2.35. The molecule has 3 aromatic rings. The highest BCUT2D eigenvalue weighted by Gasteiger charge is 2.26. The molecule has 28 heavy (non-hydrogen) atoms. The van der Waals surface area contributed by atoms with E-state index in [1.54, 1.807) is 35.8 Å². The second-order valence-corrected chi connectivity index (χ2v) is 6.13.